The highest BCUT2D eigenvalue weighted by atomic mass is 16.4. The normalized spacial score (nSPS) is 12.9. The van der Waals surface area contributed by atoms with Crippen molar-refractivity contribution in [1.82, 2.24) is 9.97 Å². The van der Waals surface area contributed by atoms with Crippen molar-refractivity contribution in [1.29, 1.82) is 0 Å². The fraction of sp³-hybridized carbons (Fsp3) is 0.150. The summed E-state index contributed by atoms with van der Waals surface area (Å²) < 4.78 is 0. The van der Waals surface area contributed by atoms with Crippen LogP contribution in [0.5, 0.6) is 5.75 Å². The Balaban J connectivity index is 2.53. The van der Waals surface area contributed by atoms with Crippen molar-refractivity contribution in [3.63, 3.8) is 0 Å². The Morgan fingerprint density at radius 1 is 1.35 bits per heavy atom. The number of rotatable bonds is 7. The van der Waals surface area contributed by atoms with Crippen molar-refractivity contribution in [3.05, 3.63) is 94.2 Å². The Labute approximate surface area is 150 Å². The summed E-state index contributed by atoms with van der Waals surface area (Å²) >= 11 is 0. The van der Waals surface area contributed by atoms with E-state index in [1.165, 1.54) is 0 Å². The summed E-state index contributed by atoms with van der Waals surface area (Å²) in [5, 5.41) is 18.7. The summed E-state index contributed by atoms with van der Waals surface area (Å²) in [6.07, 6.45) is 7.63. The van der Waals surface area contributed by atoms with E-state index in [1.807, 2.05) is 55.5 Å². The van der Waals surface area contributed by atoms with Crippen LogP contribution >= 0.6 is 0 Å². The molecule has 1 heterocycles. The average molecular weight is 352 g/mol. The Bertz CT molecular complexity index is 911. The number of allylic oxidation sites excluding steroid dienone is 5. The van der Waals surface area contributed by atoms with Crippen LogP contribution < -0.4 is 5.56 Å². The first-order valence-electron chi connectivity index (χ1n) is 8.03. The van der Waals surface area contributed by atoms with Gasteiger partial charge in [-0.1, -0.05) is 61.2 Å². The van der Waals surface area contributed by atoms with Crippen LogP contribution in [-0.2, 0) is 6.42 Å². The number of aromatic amines is 1. The molecule has 0 bridgehead atoms. The van der Waals surface area contributed by atoms with Crippen molar-refractivity contribution in [3.8, 4) is 5.75 Å². The molecule has 6 heteroatoms. The molecular formula is C20H20N2O4. The van der Waals surface area contributed by atoms with Gasteiger partial charge < -0.3 is 15.2 Å². The fourth-order valence-corrected chi connectivity index (χ4v) is 2.60. The summed E-state index contributed by atoms with van der Waals surface area (Å²) in [4.78, 5) is 29.4. The average Bonchev–Trinajstić information content (AvgIpc) is 2.64. The second-order valence-corrected chi connectivity index (χ2v) is 5.58. The lowest BCUT2D eigenvalue weighted by Crippen LogP contribution is -2.19. The van der Waals surface area contributed by atoms with E-state index in [0.717, 1.165) is 11.1 Å². The number of nitrogens with one attached hydrogen (secondary N) is 1. The third-order valence-corrected chi connectivity index (χ3v) is 3.87. The number of carbonyl (C=O) groups is 1. The van der Waals surface area contributed by atoms with Gasteiger partial charge in [-0.3, -0.25) is 4.79 Å². The molecule has 0 spiro atoms. The highest BCUT2D eigenvalue weighted by molar-refractivity contribution is 5.88. The summed E-state index contributed by atoms with van der Waals surface area (Å²) in [5.41, 5.74) is 0.322. The van der Waals surface area contributed by atoms with Crippen molar-refractivity contribution in [2.75, 3.05) is 0 Å². The van der Waals surface area contributed by atoms with Crippen LogP contribution in [0.3, 0.4) is 0 Å². The van der Waals surface area contributed by atoms with Crippen molar-refractivity contribution < 1.29 is 15.0 Å². The summed E-state index contributed by atoms with van der Waals surface area (Å²) in [5.74, 6) is -2.38. The molecule has 0 saturated carbocycles. The Kier molecular flexibility index (Phi) is 6.27. The van der Waals surface area contributed by atoms with Gasteiger partial charge in [0.15, 0.2) is 5.69 Å². The molecule has 0 aliphatic heterocycles. The number of carboxylic acids is 1. The number of hydrogen-bond acceptors (Lipinski definition) is 4. The zero-order valence-electron chi connectivity index (χ0n) is 14.3. The maximum atomic E-state index is 11.8. The van der Waals surface area contributed by atoms with E-state index in [2.05, 4.69) is 16.5 Å². The van der Waals surface area contributed by atoms with Crippen LogP contribution in [0.4, 0.5) is 0 Å². The predicted molar refractivity (Wildman–Crippen MR) is 99.5 cm³/mol. The molecule has 1 aromatic heterocycles. The minimum absolute atomic E-state index is 0.173. The molecule has 26 heavy (non-hydrogen) atoms. The third-order valence-electron chi connectivity index (χ3n) is 3.87. The van der Waals surface area contributed by atoms with E-state index in [9.17, 15) is 14.7 Å². The minimum Gasteiger partial charge on any atom is -0.501 e. The smallest absolute Gasteiger partial charge is 0.358 e. The first-order chi connectivity index (χ1) is 12.5. The number of aromatic carboxylic acids is 1. The van der Waals surface area contributed by atoms with Crippen molar-refractivity contribution >= 4 is 5.97 Å². The standard InChI is InChI=1S/C20H20N2O4/c1-3-5-9-13(4-2)15(14-10-7-6-8-11-14)12-16-21-17(20(25)26)18(23)19(24)22-16/h3-11,15,23H,2,12H2,1H3,(H,25,26)(H,21,22,24). The van der Waals surface area contributed by atoms with E-state index in [-0.39, 0.29) is 18.2 Å². The topological polar surface area (TPSA) is 103 Å². The zero-order chi connectivity index (χ0) is 19.1. The molecule has 1 unspecified atom stereocenters. The van der Waals surface area contributed by atoms with Crippen LogP contribution in [-0.4, -0.2) is 26.2 Å². The summed E-state index contributed by atoms with van der Waals surface area (Å²) in [7, 11) is 0. The van der Waals surface area contributed by atoms with Crippen LogP contribution in [0.2, 0.25) is 0 Å². The lowest BCUT2D eigenvalue weighted by atomic mass is 9.87. The van der Waals surface area contributed by atoms with Gasteiger partial charge in [-0.25, -0.2) is 9.78 Å². The zero-order valence-corrected chi connectivity index (χ0v) is 14.3. The van der Waals surface area contributed by atoms with Gasteiger partial charge in [-0.05, 0) is 18.1 Å². The molecule has 1 atom stereocenters. The lowest BCUT2D eigenvalue weighted by Gasteiger charge is -2.18. The number of nitrogens with zero attached hydrogens (tertiary/aromatic N) is 1. The van der Waals surface area contributed by atoms with E-state index < -0.39 is 23.0 Å². The Morgan fingerprint density at radius 2 is 2.04 bits per heavy atom. The van der Waals surface area contributed by atoms with E-state index >= 15 is 0 Å². The summed E-state index contributed by atoms with van der Waals surface area (Å²) in [6.45, 7) is 5.75. The molecule has 2 aromatic rings. The highest BCUT2D eigenvalue weighted by Gasteiger charge is 2.21. The molecule has 0 aliphatic carbocycles. The Hall–Kier alpha value is -3.41. The van der Waals surface area contributed by atoms with Crippen molar-refractivity contribution in [2.45, 2.75) is 19.3 Å². The van der Waals surface area contributed by atoms with Crippen LogP contribution in [0.1, 0.15) is 34.7 Å². The summed E-state index contributed by atoms with van der Waals surface area (Å²) in [6, 6.07) is 9.57. The maximum absolute atomic E-state index is 11.8. The second kappa shape index (κ2) is 8.62. The number of hydrogen-bond donors (Lipinski definition) is 3. The molecule has 3 N–H and O–H groups in total. The molecule has 1 aromatic carbocycles. The van der Waals surface area contributed by atoms with Gasteiger partial charge in [0, 0.05) is 12.3 Å². The van der Waals surface area contributed by atoms with Gasteiger partial charge in [0.2, 0.25) is 5.75 Å². The minimum atomic E-state index is -1.46. The maximum Gasteiger partial charge on any atom is 0.358 e. The third kappa shape index (κ3) is 4.36. The van der Waals surface area contributed by atoms with E-state index in [4.69, 9.17) is 5.11 Å². The number of benzene rings is 1. The molecular weight excluding hydrogens is 332 g/mol. The van der Waals surface area contributed by atoms with Crippen LogP contribution in [0.15, 0.2) is 71.6 Å². The van der Waals surface area contributed by atoms with Gasteiger partial charge in [0.25, 0.3) is 5.56 Å². The first-order valence-corrected chi connectivity index (χ1v) is 8.03. The molecule has 0 radical (unpaired) electrons. The Morgan fingerprint density at radius 3 is 2.62 bits per heavy atom. The van der Waals surface area contributed by atoms with E-state index in [1.54, 1.807) is 6.08 Å². The number of aromatic nitrogens is 2. The van der Waals surface area contributed by atoms with Gasteiger partial charge in [-0.2, -0.15) is 0 Å². The molecule has 0 amide bonds. The quantitative estimate of drug-likeness (QED) is 0.664. The molecule has 6 nitrogen and oxygen atoms in total. The highest BCUT2D eigenvalue weighted by Crippen LogP contribution is 2.28. The molecule has 2 rings (SSSR count). The molecule has 134 valence electrons. The second-order valence-electron chi connectivity index (χ2n) is 5.58. The predicted octanol–water partition coefficient (Wildman–Crippen LogP) is 3.19. The number of aromatic hydroxyl groups is 1. The van der Waals surface area contributed by atoms with Gasteiger partial charge in [-0.15, -0.1) is 0 Å². The van der Waals surface area contributed by atoms with E-state index in [0.29, 0.717) is 0 Å². The molecule has 0 aliphatic rings. The molecule has 0 saturated heterocycles. The van der Waals surface area contributed by atoms with Crippen LogP contribution in [0, 0.1) is 0 Å². The first kappa shape index (κ1) is 18.9. The van der Waals surface area contributed by atoms with Crippen molar-refractivity contribution in [2.24, 2.45) is 0 Å². The lowest BCUT2D eigenvalue weighted by molar-refractivity contribution is 0.0686. The number of H-pyrrole nitrogens is 1. The largest absolute Gasteiger partial charge is 0.501 e. The van der Waals surface area contributed by atoms with Crippen LogP contribution in [0.25, 0.3) is 0 Å². The number of carboxylic acid groups (broad SMARTS) is 1. The SMILES string of the molecule is C=CC(=CC=CC)C(Cc1nc(C(=O)O)c(O)c(=O)[nH]1)c1ccccc1. The molecule has 0 fully saturated rings. The van der Waals surface area contributed by atoms with Gasteiger partial charge in [0.05, 0.1) is 0 Å². The fourth-order valence-electron chi connectivity index (χ4n) is 2.60. The monoisotopic (exact) mass is 352 g/mol. The van der Waals surface area contributed by atoms with Gasteiger partial charge >= 0.3 is 5.97 Å². The van der Waals surface area contributed by atoms with Gasteiger partial charge in [0.1, 0.15) is 5.82 Å².